The molecule has 1 aromatic carbocycles. The average Bonchev–Trinajstić information content (AvgIpc) is 3.16. The molecule has 1 aromatic heterocycles. The molecule has 1 unspecified atom stereocenters. The molecular formula is C21H28N2O3. The van der Waals surface area contributed by atoms with Crippen LogP contribution in [0.15, 0.2) is 42.6 Å². The minimum absolute atomic E-state index is 0.309. The summed E-state index contributed by atoms with van der Waals surface area (Å²) in [6.07, 6.45) is 4.44. The van der Waals surface area contributed by atoms with Gasteiger partial charge in [-0.2, -0.15) is 0 Å². The quantitative estimate of drug-likeness (QED) is 0.686. The zero-order chi connectivity index (χ0) is 18.2. The van der Waals surface area contributed by atoms with E-state index >= 15 is 0 Å². The molecule has 0 aliphatic carbocycles. The predicted octanol–water partition coefficient (Wildman–Crippen LogP) is 3.67. The van der Waals surface area contributed by atoms with Gasteiger partial charge < -0.3 is 14.2 Å². The SMILES string of the molecule is CCOc1cc(CN(Cc2ccccn2)CC2CCCO2)ccc1OC. The Labute approximate surface area is 155 Å². The number of benzene rings is 1. The standard InChI is InChI=1S/C21H28N2O3/c1-3-25-21-13-17(9-10-20(21)24-2)14-23(16-19-8-6-12-26-19)15-18-7-4-5-11-22-18/h4-5,7,9-11,13,19H,3,6,8,12,14-16H2,1-2H3. The second-order valence-corrected chi connectivity index (χ2v) is 6.54. The Hall–Kier alpha value is -2.11. The van der Waals surface area contributed by atoms with Crippen molar-refractivity contribution in [3.63, 3.8) is 0 Å². The summed E-state index contributed by atoms with van der Waals surface area (Å²) in [6, 6.07) is 12.2. The first-order chi connectivity index (χ1) is 12.8. The molecule has 1 saturated heterocycles. The summed E-state index contributed by atoms with van der Waals surface area (Å²) in [4.78, 5) is 6.88. The van der Waals surface area contributed by atoms with Gasteiger partial charge in [0.15, 0.2) is 11.5 Å². The number of hydrogen-bond acceptors (Lipinski definition) is 5. The van der Waals surface area contributed by atoms with E-state index in [9.17, 15) is 0 Å². The molecule has 0 N–H and O–H groups in total. The molecule has 5 heteroatoms. The minimum atomic E-state index is 0.309. The van der Waals surface area contributed by atoms with Gasteiger partial charge in [-0.05, 0) is 49.6 Å². The molecule has 1 aliphatic heterocycles. The van der Waals surface area contributed by atoms with Crippen molar-refractivity contribution >= 4 is 0 Å². The largest absolute Gasteiger partial charge is 0.493 e. The maximum atomic E-state index is 5.85. The Morgan fingerprint density at radius 2 is 2.12 bits per heavy atom. The Kier molecular flexibility index (Phi) is 6.86. The van der Waals surface area contributed by atoms with Gasteiger partial charge in [0.05, 0.1) is 25.5 Å². The average molecular weight is 356 g/mol. The minimum Gasteiger partial charge on any atom is -0.493 e. The van der Waals surface area contributed by atoms with Gasteiger partial charge >= 0.3 is 0 Å². The number of nitrogens with zero attached hydrogens (tertiary/aromatic N) is 2. The predicted molar refractivity (Wildman–Crippen MR) is 101 cm³/mol. The van der Waals surface area contributed by atoms with Crippen LogP contribution < -0.4 is 9.47 Å². The monoisotopic (exact) mass is 356 g/mol. The second-order valence-electron chi connectivity index (χ2n) is 6.54. The van der Waals surface area contributed by atoms with Gasteiger partial charge in [0.1, 0.15) is 0 Å². The summed E-state index contributed by atoms with van der Waals surface area (Å²) >= 11 is 0. The smallest absolute Gasteiger partial charge is 0.161 e. The molecule has 5 nitrogen and oxygen atoms in total. The Morgan fingerprint density at radius 3 is 2.81 bits per heavy atom. The van der Waals surface area contributed by atoms with Crippen molar-refractivity contribution in [2.75, 3.05) is 26.9 Å². The van der Waals surface area contributed by atoms with Crippen LogP contribution in [0.1, 0.15) is 31.0 Å². The first kappa shape index (κ1) is 18.7. The van der Waals surface area contributed by atoms with Gasteiger partial charge in [0.2, 0.25) is 0 Å². The molecule has 1 fully saturated rings. The lowest BCUT2D eigenvalue weighted by Gasteiger charge is -2.25. The molecule has 0 radical (unpaired) electrons. The molecule has 1 aliphatic rings. The molecule has 140 valence electrons. The summed E-state index contributed by atoms with van der Waals surface area (Å²) in [7, 11) is 1.67. The molecule has 0 saturated carbocycles. The molecule has 2 aromatic rings. The Morgan fingerprint density at radius 1 is 1.19 bits per heavy atom. The van der Waals surface area contributed by atoms with Crippen molar-refractivity contribution in [3.05, 3.63) is 53.9 Å². The maximum Gasteiger partial charge on any atom is 0.161 e. The van der Waals surface area contributed by atoms with Crippen LogP contribution >= 0.6 is 0 Å². The summed E-state index contributed by atoms with van der Waals surface area (Å²) in [5, 5.41) is 0. The van der Waals surface area contributed by atoms with Gasteiger partial charge in [-0.3, -0.25) is 9.88 Å². The third-order valence-electron chi connectivity index (χ3n) is 4.53. The number of pyridine rings is 1. The van der Waals surface area contributed by atoms with Crippen LogP contribution in [-0.2, 0) is 17.8 Å². The molecule has 2 heterocycles. The fourth-order valence-corrected chi connectivity index (χ4v) is 3.33. The fraction of sp³-hybridized carbons (Fsp3) is 0.476. The van der Waals surface area contributed by atoms with E-state index in [1.807, 2.05) is 31.3 Å². The van der Waals surface area contributed by atoms with E-state index in [0.717, 1.165) is 56.3 Å². The molecule has 0 spiro atoms. The highest BCUT2D eigenvalue weighted by Crippen LogP contribution is 2.29. The van der Waals surface area contributed by atoms with E-state index in [-0.39, 0.29) is 0 Å². The van der Waals surface area contributed by atoms with E-state index in [4.69, 9.17) is 14.2 Å². The molecule has 26 heavy (non-hydrogen) atoms. The summed E-state index contributed by atoms with van der Waals surface area (Å²) in [5.74, 6) is 1.56. The van der Waals surface area contributed by atoms with E-state index in [0.29, 0.717) is 12.7 Å². The van der Waals surface area contributed by atoms with Crippen LogP contribution in [0.25, 0.3) is 0 Å². The van der Waals surface area contributed by atoms with E-state index < -0.39 is 0 Å². The molecule has 1 atom stereocenters. The van der Waals surface area contributed by atoms with Crippen molar-refractivity contribution < 1.29 is 14.2 Å². The lowest BCUT2D eigenvalue weighted by Crippen LogP contribution is -2.31. The van der Waals surface area contributed by atoms with Gasteiger partial charge in [-0.1, -0.05) is 12.1 Å². The number of ether oxygens (including phenoxy) is 3. The normalized spacial score (nSPS) is 16.8. The highest BCUT2D eigenvalue weighted by atomic mass is 16.5. The van der Waals surface area contributed by atoms with E-state index in [1.54, 1.807) is 7.11 Å². The molecule has 0 amide bonds. The highest BCUT2D eigenvalue weighted by Gasteiger charge is 2.20. The topological polar surface area (TPSA) is 43.8 Å². The van der Waals surface area contributed by atoms with Crippen molar-refractivity contribution in [3.8, 4) is 11.5 Å². The van der Waals surface area contributed by atoms with Crippen LogP contribution in [0.3, 0.4) is 0 Å². The molecule has 0 bridgehead atoms. The van der Waals surface area contributed by atoms with E-state index in [2.05, 4.69) is 28.1 Å². The van der Waals surface area contributed by atoms with Crippen LogP contribution in [0.4, 0.5) is 0 Å². The molecular weight excluding hydrogens is 328 g/mol. The Balaban J connectivity index is 1.74. The third kappa shape index (κ3) is 5.19. The number of aromatic nitrogens is 1. The van der Waals surface area contributed by atoms with Gasteiger partial charge in [0.25, 0.3) is 0 Å². The Bertz CT molecular complexity index is 672. The number of rotatable bonds is 9. The van der Waals surface area contributed by atoms with Gasteiger partial charge in [-0.25, -0.2) is 0 Å². The summed E-state index contributed by atoms with van der Waals surface area (Å²) in [6.45, 7) is 6.01. The highest BCUT2D eigenvalue weighted by molar-refractivity contribution is 5.43. The van der Waals surface area contributed by atoms with E-state index in [1.165, 1.54) is 5.56 Å². The first-order valence-electron chi connectivity index (χ1n) is 9.32. The van der Waals surface area contributed by atoms with Crippen molar-refractivity contribution in [1.29, 1.82) is 0 Å². The van der Waals surface area contributed by atoms with Crippen LogP contribution in [0.5, 0.6) is 11.5 Å². The number of methoxy groups -OCH3 is 1. The van der Waals surface area contributed by atoms with Crippen LogP contribution in [0, 0.1) is 0 Å². The lowest BCUT2D eigenvalue weighted by molar-refractivity contribution is 0.0674. The second kappa shape index (κ2) is 9.55. The lowest BCUT2D eigenvalue weighted by atomic mass is 10.1. The number of hydrogen-bond donors (Lipinski definition) is 0. The van der Waals surface area contributed by atoms with Crippen LogP contribution in [-0.4, -0.2) is 42.9 Å². The zero-order valence-corrected chi connectivity index (χ0v) is 15.7. The first-order valence-corrected chi connectivity index (χ1v) is 9.32. The van der Waals surface area contributed by atoms with Gasteiger partial charge in [-0.15, -0.1) is 0 Å². The van der Waals surface area contributed by atoms with Crippen molar-refractivity contribution in [2.45, 2.75) is 39.0 Å². The molecule has 3 rings (SSSR count). The summed E-state index contributed by atoms with van der Waals surface area (Å²) < 4.78 is 17.0. The summed E-state index contributed by atoms with van der Waals surface area (Å²) in [5.41, 5.74) is 2.27. The van der Waals surface area contributed by atoms with Crippen LogP contribution in [0.2, 0.25) is 0 Å². The zero-order valence-electron chi connectivity index (χ0n) is 15.7. The van der Waals surface area contributed by atoms with Gasteiger partial charge in [0, 0.05) is 32.4 Å². The fourth-order valence-electron chi connectivity index (χ4n) is 3.33. The maximum absolute atomic E-state index is 5.85. The van der Waals surface area contributed by atoms with Crippen molar-refractivity contribution in [1.82, 2.24) is 9.88 Å². The third-order valence-corrected chi connectivity index (χ3v) is 4.53. The van der Waals surface area contributed by atoms with Crippen molar-refractivity contribution in [2.24, 2.45) is 0 Å².